The van der Waals surface area contributed by atoms with E-state index in [9.17, 15) is 4.79 Å². The molecule has 0 fully saturated rings. The first-order valence-electron chi connectivity index (χ1n) is 5.93. The second kappa shape index (κ2) is 6.25. The summed E-state index contributed by atoms with van der Waals surface area (Å²) in [7, 11) is 3.27. The van der Waals surface area contributed by atoms with E-state index in [1.54, 1.807) is 32.4 Å². The monoisotopic (exact) mass is 291 g/mol. The van der Waals surface area contributed by atoms with E-state index in [-0.39, 0.29) is 10.9 Å². The molecule has 0 bridgehead atoms. The van der Waals surface area contributed by atoms with Crippen molar-refractivity contribution in [2.45, 2.75) is 0 Å². The second-order valence-electron chi connectivity index (χ2n) is 3.95. The molecule has 1 aromatic heterocycles. The first-order valence-corrected chi connectivity index (χ1v) is 6.31. The number of halogens is 1. The number of aromatic nitrogens is 1. The van der Waals surface area contributed by atoms with Crippen molar-refractivity contribution >= 4 is 29.0 Å². The van der Waals surface area contributed by atoms with Crippen molar-refractivity contribution in [1.29, 1.82) is 0 Å². The number of nitrogens with zero attached hydrogens (tertiary/aromatic N) is 1. The molecule has 0 aliphatic heterocycles. The van der Waals surface area contributed by atoms with Gasteiger partial charge in [0.05, 0.1) is 23.4 Å². The average Bonchev–Trinajstić information content (AvgIpc) is 2.48. The van der Waals surface area contributed by atoms with Gasteiger partial charge in [-0.2, -0.15) is 0 Å². The smallest absolute Gasteiger partial charge is 0.257 e. The van der Waals surface area contributed by atoms with Gasteiger partial charge in [0.15, 0.2) is 0 Å². The van der Waals surface area contributed by atoms with E-state index in [2.05, 4.69) is 15.6 Å². The van der Waals surface area contributed by atoms with Gasteiger partial charge in [-0.1, -0.05) is 23.7 Å². The van der Waals surface area contributed by atoms with Crippen LogP contribution < -0.4 is 15.4 Å². The second-order valence-corrected chi connectivity index (χ2v) is 4.36. The Bertz CT molecular complexity index is 632. The number of hydrogen-bond donors (Lipinski definition) is 2. The molecule has 0 aliphatic carbocycles. The molecular formula is C14H14ClN3O2. The molecule has 0 aliphatic rings. The Kier molecular flexibility index (Phi) is 4.42. The van der Waals surface area contributed by atoms with Gasteiger partial charge in [0.2, 0.25) is 0 Å². The third-order valence-electron chi connectivity index (χ3n) is 2.71. The van der Waals surface area contributed by atoms with Gasteiger partial charge in [0, 0.05) is 13.2 Å². The third kappa shape index (κ3) is 3.00. The van der Waals surface area contributed by atoms with Crippen LogP contribution in [-0.2, 0) is 0 Å². The fourth-order valence-corrected chi connectivity index (χ4v) is 1.88. The predicted molar refractivity (Wildman–Crippen MR) is 79.7 cm³/mol. The molecule has 0 saturated heterocycles. The first kappa shape index (κ1) is 14.1. The van der Waals surface area contributed by atoms with Crippen LogP contribution in [0.5, 0.6) is 5.75 Å². The average molecular weight is 292 g/mol. The molecule has 2 aromatic rings. The number of nitrogens with one attached hydrogen (secondary N) is 2. The van der Waals surface area contributed by atoms with Crippen molar-refractivity contribution in [3.8, 4) is 5.75 Å². The summed E-state index contributed by atoms with van der Waals surface area (Å²) in [6, 6.07) is 8.75. The van der Waals surface area contributed by atoms with Crippen molar-refractivity contribution in [2.24, 2.45) is 0 Å². The molecule has 0 unspecified atom stereocenters. The summed E-state index contributed by atoms with van der Waals surface area (Å²) in [4.78, 5) is 16.3. The fraction of sp³-hybridized carbons (Fsp3) is 0.143. The predicted octanol–water partition coefficient (Wildman–Crippen LogP) is 3.04. The zero-order chi connectivity index (χ0) is 14.5. The normalized spacial score (nSPS) is 9.95. The molecule has 0 radical (unpaired) electrons. The number of para-hydroxylation sites is 2. The van der Waals surface area contributed by atoms with E-state index in [1.165, 1.54) is 6.20 Å². The van der Waals surface area contributed by atoms with Crippen LogP contribution in [0.3, 0.4) is 0 Å². The highest BCUT2D eigenvalue weighted by Gasteiger charge is 2.13. The Morgan fingerprint density at radius 3 is 2.80 bits per heavy atom. The topological polar surface area (TPSA) is 63.2 Å². The van der Waals surface area contributed by atoms with E-state index in [0.717, 1.165) is 0 Å². The summed E-state index contributed by atoms with van der Waals surface area (Å²) in [5.74, 6) is 0.831. The van der Waals surface area contributed by atoms with Gasteiger partial charge in [-0.15, -0.1) is 0 Å². The summed E-state index contributed by atoms with van der Waals surface area (Å²) in [5.41, 5.74) is 0.927. The SMILES string of the molecule is CNc1cc(C(=O)Nc2ccccc2OC)c(Cl)cn1. The van der Waals surface area contributed by atoms with Crippen molar-refractivity contribution in [2.75, 3.05) is 24.8 Å². The number of anilines is 2. The fourth-order valence-electron chi connectivity index (χ4n) is 1.69. The summed E-state index contributed by atoms with van der Waals surface area (Å²) >= 11 is 6.01. The number of ether oxygens (including phenoxy) is 1. The minimum atomic E-state index is -0.321. The molecule has 0 saturated carbocycles. The van der Waals surface area contributed by atoms with Crippen LogP contribution in [0.4, 0.5) is 11.5 Å². The van der Waals surface area contributed by atoms with E-state index >= 15 is 0 Å². The highest BCUT2D eigenvalue weighted by atomic mass is 35.5. The van der Waals surface area contributed by atoms with Gasteiger partial charge in [-0.3, -0.25) is 4.79 Å². The number of methoxy groups -OCH3 is 1. The quantitative estimate of drug-likeness (QED) is 0.909. The van der Waals surface area contributed by atoms with Crippen LogP contribution in [0.15, 0.2) is 36.5 Å². The summed E-state index contributed by atoms with van der Waals surface area (Å²) < 4.78 is 5.18. The largest absolute Gasteiger partial charge is 0.495 e. The highest BCUT2D eigenvalue weighted by Crippen LogP contribution is 2.25. The van der Waals surface area contributed by atoms with E-state index in [4.69, 9.17) is 16.3 Å². The molecule has 0 atom stereocenters. The molecule has 20 heavy (non-hydrogen) atoms. The molecule has 2 N–H and O–H groups in total. The van der Waals surface area contributed by atoms with Gasteiger partial charge in [-0.25, -0.2) is 4.98 Å². The maximum atomic E-state index is 12.3. The lowest BCUT2D eigenvalue weighted by Crippen LogP contribution is -2.14. The lowest BCUT2D eigenvalue weighted by atomic mass is 10.2. The summed E-state index contributed by atoms with van der Waals surface area (Å²) in [6.45, 7) is 0. The lowest BCUT2D eigenvalue weighted by molar-refractivity contribution is 0.102. The van der Waals surface area contributed by atoms with Gasteiger partial charge in [0.25, 0.3) is 5.91 Å². The van der Waals surface area contributed by atoms with Crippen LogP contribution in [0.1, 0.15) is 10.4 Å². The van der Waals surface area contributed by atoms with Crippen LogP contribution >= 0.6 is 11.6 Å². The van der Waals surface area contributed by atoms with Gasteiger partial charge >= 0.3 is 0 Å². The van der Waals surface area contributed by atoms with Gasteiger partial charge in [-0.05, 0) is 18.2 Å². The number of carbonyl (C=O) groups is 1. The number of rotatable bonds is 4. The highest BCUT2D eigenvalue weighted by molar-refractivity contribution is 6.34. The molecule has 1 heterocycles. The zero-order valence-corrected chi connectivity index (χ0v) is 11.9. The lowest BCUT2D eigenvalue weighted by Gasteiger charge is -2.11. The zero-order valence-electron chi connectivity index (χ0n) is 11.1. The van der Waals surface area contributed by atoms with E-state index in [1.807, 2.05) is 12.1 Å². The molecule has 2 rings (SSSR count). The number of carbonyl (C=O) groups excluding carboxylic acids is 1. The molecule has 1 aromatic carbocycles. The van der Waals surface area contributed by atoms with Crippen molar-refractivity contribution < 1.29 is 9.53 Å². The van der Waals surface area contributed by atoms with Crippen molar-refractivity contribution in [3.63, 3.8) is 0 Å². The van der Waals surface area contributed by atoms with Crippen molar-refractivity contribution in [1.82, 2.24) is 4.98 Å². The van der Waals surface area contributed by atoms with Gasteiger partial charge < -0.3 is 15.4 Å². The Hall–Kier alpha value is -2.27. The van der Waals surface area contributed by atoms with Crippen LogP contribution in [0.2, 0.25) is 5.02 Å². The number of pyridine rings is 1. The Morgan fingerprint density at radius 1 is 1.35 bits per heavy atom. The summed E-state index contributed by atoms with van der Waals surface area (Å²) in [6.07, 6.45) is 1.44. The minimum absolute atomic E-state index is 0.288. The molecule has 6 heteroatoms. The molecule has 0 spiro atoms. The van der Waals surface area contributed by atoms with E-state index < -0.39 is 0 Å². The molecule has 5 nitrogen and oxygen atoms in total. The third-order valence-corrected chi connectivity index (χ3v) is 3.01. The van der Waals surface area contributed by atoms with Crippen LogP contribution in [-0.4, -0.2) is 25.0 Å². The molecule has 1 amide bonds. The number of amides is 1. The Morgan fingerprint density at radius 2 is 2.10 bits per heavy atom. The van der Waals surface area contributed by atoms with Crippen molar-refractivity contribution in [3.05, 3.63) is 47.1 Å². The summed E-state index contributed by atoms with van der Waals surface area (Å²) in [5, 5.41) is 5.92. The van der Waals surface area contributed by atoms with Crippen LogP contribution in [0.25, 0.3) is 0 Å². The van der Waals surface area contributed by atoms with E-state index in [0.29, 0.717) is 22.8 Å². The molecular weight excluding hydrogens is 278 g/mol. The number of hydrogen-bond acceptors (Lipinski definition) is 4. The first-order chi connectivity index (χ1) is 9.65. The molecule has 104 valence electrons. The maximum absolute atomic E-state index is 12.3. The van der Waals surface area contributed by atoms with Gasteiger partial charge in [0.1, 0.15) is 11.6 Å². The standard InChI is InChI=1S/C14H14ClN3O2/c1-16-13-7-9(10(15)8-17-13)14(19)18-11-5-3-4-6-12(11)20-2/h3-8H,1-2H3,(H,16,17)(H,18,19). The Labute approximate surface area is 121 Å². The number of benzene rings is 1. The van der Waals surface area contributed by atoms with Crippen LogP contribution in [0, 0.1) is 0 Å². The maximum Gasteiger partial charge on any atom is 0.257 e. The minimum Gasteiger partial charge on any atom is -0.495 e. The Balaban J connectivity index is 2.28.